The number of carbonyl (C=O) groups is 2. The summed E-state index contributed by atoms with van der Waals surface area (Å²) in [5.41, 5.74) is 4.98. The summed E-state index contributed by atoms with van der Waals surface area (Å²) in [6, 6.07) is 9.30. The summed E-state index contributed by atoms with van der Waals surface area (Å²) in [6.07, 6.45) is 4.97. The van der Waals surface area contributed by atoms with Gasteiger partial charge in [0.1, 0.15) is 0 Å². The van der Waals surface area contributed by atoms with Crippen LogP contribution in [-0.2, 0) is 9.59 Å². The molecule has 0 unspecified atom stereocenters. The Morgan fingerprint density at radius 1 is 1.17 bits per heavy atom. The second-order valence-corrected chi connectivity index (χ2v) is 6.33. The lowest BCUT2D eigenvalue weighted by Gasteiger charge is -2.08. The molecule has 2 rings (SSSR count). The minimum absolute atomic E-state index is 0.0724. The summed E-state index contributed by atoms with van der Waals surface area (Å²) in [4.78, 5) is 27.5. The van der Waals surface area contributed by atoms with Crippen LogP contribution in [0, 0.1) is 10.5 Å². The zero-order valence-electron chi connectivity index (χ0n) is 13.1. The summed E-state index contributed by atoms with van der Waals surface area (Å²) in [5, 5.41) is 6.65. The quantitative estimate of drug-likeness (QED) is 0.415. The highest BCUT2D eigenvalue weighted by molar-refractivity contribution is 14.1. The average Bonchev–Trinajstić information content (AvgIpc) is 2.56. The van der Waals surface area contributed by atoms with Gasteiger partial charge in [-0.05, 0) is 71.0 Å². The molecule has 2 aromatic rings. The van der Waals surface area contributed by atoms with Crippen LogP contribution in [0.15, 0.2) is 47.8 Å². The molecule has 124 valence electrons. The molecule has 0 fully saturated rings. The topological polar surface area (TPSA) is 83.5 Å². The summed E-state index contributed by atoms with van der Waals surface area (Å²) in [5.74, 6) is -0.512. The van der Waals surface area contributed by atoms with Gasteiger partial charge in [0, 0.05) is 34.5 Å². The SMILES string of the molecule is Cc1cc(I)ccc1NC(=O)CCC(=O)NN=Cc1ccncc1. The Bertz CT molecular complexity index is 748. The maximum absolute atomic E-state index is 11.9. The smallest absolute Gasteiger partial charge is 0.240 e. The first-order valence-electron chi connectivity index (χ1n) is 7.32. The molecule has 24 heavy (non-hydrogen) atoms. The van der Waals surface area contributed by atoms with Crippen LogP contribution in [0.25, 0.3) is 0 Å². The molecule has 0 spiro atoms. The molecule has 7 heteroatoms. The number of aryl methyl sites for hydroxylation is 1. The van der Waals surface area contributed by atoms with Crippen molar-refractivity contribution in [3.05, 3.63) is 57.4 Å². The number of hydrogen-bond acceptors (Lipinski definition) is 4. The van der Waals surface area contributed by atoms with E-state index in [2.05, 4.69) is 43.4 Å². The van der Waals surface area contributed by atoms with Crippen LogP contribution in [0.4, 0.5) is 5.69 Å². The minimum Gasteiger partial charge on any atom is -0.326 e. The molecule has 0 aliphatic carbocycles. The van der Waals surface area contributed by atoms with Crippen LogP contribution in [0.5, 0.6) is 0 Å². The number of hydrazone groups is 1. The van der Waals surface area contributed by atoms with E-state index in [1.54, 1.807) is 24.5 Å². The van der Waals surface area contributed by atoms with Crippen LogP contribution in [-0.4, -0.2) is 23.0 Å². The zero-order chi connectivity index (χ0) is 17.4. The molecule has 1 aromatic heterocycles. The minimum atomic E-state index is -0.310. The van der Waals surface area contributed by atoms with Crippen molar-refractivity contribution in [2.45, 2.75) is 19.8 Å². The highest BCUT2D eigenvalue weighted by Gasteiger charge is 2.08. The fourth-order valence-electron chi connectivity index (χ4n) is 1.89. The number of nitrogens with zero attached hydrogens (tertiary/aromatic N) is 2. The summed E-state index contributed by atoms with van der Waals surface area (Å²) >= 11 is 2.22. The molecule has 0 radical (unpaired) electrons. The lowest BCUT2D eigenvalue weighted by Crippen LogP contribution is -2.20. The first-order chi connectivity index (χ1) is 11.5. The van der Waals surface area contributed by atoms with Crippen molar-refractivity contribution in [2.75, 3.05) is 5.32 Å². The third-order valence-corrected chi connectivity index (χ3v) is 3.82. The molecular weight excluding hydrogens is 419 g/mol. The Hall–Kier alpha value is -2.29. The Balaban J connectivity index is 1.75. The summed E-state index contributed by atoms with van der Waals surface area (Å²) < 4.78 is 1.11. The van der Waals surface area contributed by atoms with E-state index in [-0.39, 0.29) is 24.7 Å². The zero-order valence-corrected chi connectivity index (χ0v) is 15.3. The number of halogens is 1. The molecule has 1 heterocycles. The lowest BCUT2D eigenvalue weighted by molar-refractivity contribution is -0.124. The molecule has 2 amide bonds. The molecule has 2 N–H and O–H groups in total. The molecule has 0 aliphatic heterocycles. The predicted molar refractivity (Wildman–Crippen MR) is 102 cm³/mol. The number of hydrogen-bond donors (Lipinski definition) is 2. The number of benzene rings is 1. The number of rotatable bonds is 6. The Morgan fingerprint density at radius 3 is 2.58 bits per heavy atom. The summed E-state index contributed by atoms with van der Waals surface area (Å²) in [6.45, 7) is 1.93. The molecule has 0 atom stereocenters. The highest BCUT2D eigenvalue weighted by Crippen LogP contribution is 2.17. The normalized spacial score (nSPS) is 10.6. The van der Waals surface area contributed by atoms with Crippen molar-refractivity contribution < 1.29 is 9.59 Å². The van der Waals surface area contributed by atoms with Gasteiger partial charge in [-0.1, -0.05) is 0 Å². The predicted octanol–water partition coefficient (Wildman–Crippen LogP) is 2.86. The molecule has 0 aliphatic rings. The van der Waals surface area contributed by atoms with Crippen LogP contribution >= 0.6 is 22.6 Å². The maximum atomic E-state index is 11.9. The molecule has 1 aromatic carbocycles. The van der Waals surface area contributed by atoms with Crippen molar-refractivity contribution >= 4 is 46.3 Å². The van der Waals surface area contributed by atoms with E-state index in [0.717, 1.165) is 20.4 Å². The second kappa shape index (κ2) is 9.11. The number of amides is 2. The number of carbonyl (C=O) groups excluding carboxylic acids is 2. The van der Waals surface area contributed by atoms with E-state index >= 15 is 0 Å². The Kier molecular flexibility index (Phi) is 6.86. The van der Waals surface area contributed by atoms with Crippen molar-refractivity contribution in [3.8, 4) is 0 Å². The lowest BCUT2D eigenvalue weighted by atomic mass is 10.2. The van der Waals surface area contributed by atoms with E-state index in [1.807, 2.05) is 25.1 Å². The number of anilines is 1. The van der Waals surface area contributed by atoms with E-state index in [9.17, 15) is 9.59 Å². The number of pyridine rings is 1. The first kappa shape index (κ1) is 18.1. The van der Waals surface area contributed by atoms with Gasteiger partial charge in [0.25, 0.3) is 0 Å². The first-order valence-corrected chi connectivity index (χ1v) is 8.40. The summed E-state index contributed by atoms with van der Waals surface area (Å²) in [7, 11) is 0. The molecule has 6 nitrogen and oxygen atoms in total. The van der Waals surface area contributed by atoms with Gasteiger partial charge in [-0.3, -0.25) is 14.6 Å². The fraction of sp³-hybridized carbons (Fsp3) is 0.176. The van der Waals surface area contributed by atoms with Gasteiger partial charge in [0.05, 0.1) is 6.21 Å². The third kappa shape index (κ3) is 6.07. The molecule has 0 saturated heterocycles. The maximum Gasteiger partial charge on any atom is 0.240 e. The van der Waals surface area contributed by atoms with Crippen molar-refractivity contribution in [2.24, 2.45) is 5.10 Å². The van der Waals surface area contributed by atoms with E-state index in [0.29, 0.717) is 0 Å². The van der Waals surface area contributed by atoms with Crippen molar-refractivity contribution in [1.29, 1.82) is 0 Å². The van der Waals surface area contributed by atoms with Gasteiger partial charge in [-0.2, -0.15) is 5.10 Å². The average molecular weight is 436 g/mol. The van der Waals surface area contributed by atoms with E-state index in [4.69, 9.17) is 0 Å². The molecule has 0 bridgehead atoms. The van der Waals surface area contributed by atoms with Gasteiger partial charge in [-0.25, -0.2) is 5.43 Å². The Labute approximate surface area is 153 Å². The largest absolute Gasteiger partial charge is 0.326 e. The van der Waals surface area contributed by atoms with Gasteiger partial charge >= 0.3 is 0 Å². The second-order valence-electron chi connectivity index (χ2n) is 5.08. The van der Waals surface area contributed by atoms with Gasteiger partial charge in [0.15, 0.2) is 0 Å². The molecular formula is C17H17IN4O2. The third-order valence-electron chi connectivity index (χ3n) is 3.15. The van der Waals surface area contributed by atoms with Crippen LogP contribution in [0.3, 0.4) is 0 Å². The van der Waals surface area contributed by atoms with Crippen molar-refractivity contribution in [3.63, 3.8) is 0 Å². The van der Waals surface area contributed by atoms with Crippen molar-refractivity contribution in [1.82, 2.24) is 10.4 Å². The number of nitrogens with one attached hydrogen (secondary N) is 2. The Morgan fingerprint density at radius 2 is 1.88 bits per heavy atom. The molecule has 0 saturated carbocycles. The standard InChI is InChI=1S/C17H17IN4O2/c1-12-10-14(18)2-3-15(12)21-16(23)4-5-17(24)22-20-11-13-6-8-19-9-7-13/h2-3,6-11H,4-5H2,1H3,(H,21,23)(H,22,24). The van der Waals surface area contributed by atoms with Crippen LogP contribution in [0.2, 0.25) is 0 Å². The van der Waals surface area contributed by atoms with Crippen LogP contribution in [0.1, 0.15) is 24.0 Å². The monoisotopic (exact) mass is 436 g/mol. The van der Waals surface area contributed by atoms with E-state index < -0.39 is 0 Å². The van der Waals surface area contributed by atoms with Gasteiger partial charge in [0.2, 0.25) is 11.8 Å². The van der Waals surface area contributed by atoms with Gasteiger partial charge < -0.3 is 5.32 Å². The number of aromatic nitrogens is 1. The fourth-order valence-corrected chi connectivity index (χ4v) is 2.54. The van der Waals surface area contributed by atoms with Crippen LogP contribution < -0.4 is 10.7 Å². The highest BCUT2D eigenvalue weighted by atomic mass is 127. The van der Waals surface area contributed by atoms with E-state index in [1.165, 1.54) is 6.21 Å². The van der Waals surface area contributed by atoms with Gasteiger partial charge in [-0.15, -0.1) is 0 Å².